The maximum atomic E-state index is 11.2. The first-order valence-electron chi connectivity index (χ1n) is 7.49. The van der Waals surface area contributed by atoms with Crippen molar-refractivity contribution in [3.05, 3.63) is 35.4 Å². The van der Waals surface area contributed by atoms with Gasteiger partial charge < -0.3 is 15.2 Å². The minimum absolute atomic E-state index is 0.167. The summed E-state index contributed by atoms with van der Waals surface area (Å²) in [5, 5.41) is 13.5. The van der Waals surface area contributed by atoms with Crippen molar-refractivity contribution < 1.29 is 14.6 Å². The number of benzene rings is 1. The molecule has 0 bridgehead atoms. The SMILES string of the molecule is CNC(CCC(=O)OC)C(O)c1ccc(CC(C)C)cc1. The van der Waals surface area contributed by atoms with E-state index >= 15 is 0 Å². The predicted molar refractivity (Wildman–Crippen MR) is 84.0 cm³/mol. The van der Waals surface area contributed by atoms with Gasteiger partial charge in [-0.1, -0.05) is 38.1 Å². The Balaban J connectivity index is 2.66. The van der Waals surface area contributed by atoms with Crippen LogP contribution in [0.3, 0.4) is 0 Å². The summed E-state index contributed by atoms with van der Waals surface area (Å²) in [6, 6.07) is 7.88. The van der Waals surface area contributed by atoms with Gasteiger partial charge in [-0.05, 0) is 36.9 Å². The van der Waals surface area contributed by atoms with E-state index in [2.05, 4.69) is 36.0 Å². The second-order valence-corrected chi connectivity index (χ2v) is 5.79. The molecule has 0 aromatic heterocycles. The number of rotatable bonds is 8. The van der Waals surface area contributed by atoms with Crippen LogP contribution in [-0.4, -0.2) is 31.3 Å². The Kier molecular flexibility index (Phi) is 7.40. The largest absolute Gasteiger partial charge is 0.469 e. The first kappa shape index (κ1) is 17.7. The average molecular weight is 293 g/mol. The van der Waals surface area contributed by atoms with Gasteiger partial charge in [0.25, 0.3) is 0 Å². The van der Waals surface area contributed by atoms with Crippen molar-refractivity contribution >= 4 is 5.97 Å². The summed E-state index contributed by atoms with van der Waals surface area (Å²) in [6.45, 7) is 4.37. The molecule has 2 atom stereocenters. The standard InChI is InChI=1S/C17H27NO3/c1-12(2)11-13-5-7-14(8-6-13)17(20)15(18-3)9-10-16(19)21-4/h5-8,12,15,17-18,20H,9-11H2,1-4H3. The van der Waals surface area contributed by atoms with Gasteiger partial charge in [0.05, 0.1) is 13.2 Å². The van der Waals surface area contributed by atoms with E-state index < -0.39 is 6.10 Å². The minimum atomic E-state index is -0.632. The maximum absolute atomic E-state index is 11.2. The fourth-order valence-electron chi connectivity index (χ4n) is 2.39. The van der Waals surface area contributed by atoms with Crippen LogP contribution in [-0.2, 0) is 16.0 Å². The number of likely N-dealkylation sites (N-methyl/N-ethyl adjacent to an activating group) is 1. The van der Waals surface area contributed by atoms with Gasteiger partial charge in [0.2, 0.25) is 0 Å². The Hall–Kier alpha value is -1.39. The van der Waals surface area contributed by atoms with Gasteiger partial charge in [-0.2, -0.15) is 0 Å². The number of esters is 1. The molecule has 118 valence electrons. The Labute approximate surface area is 127 Å². The lowest BCUT2D eigenvalue weighted by molar-refractivity contribution is -0.140. The first-order valence-corrected chi connectivity index (χ1v) is 7.49. The number of carbonyl (C=O) groups excluding carboxylic acids is 1. The second-order valence-electron chi connectivity index (χ2n) is 5.79. The lowest BCUT2D eigenvalue weighted by Crippen LogP contribution is -2.32. The molecule has 4 heteroatoms. The molecule has 4 nitrogen and oxygen atoms in total. The van der Waals surface area contributed by atoms with Crippen molar-refractivity contribution in [1.29, 1.82) is 0 Å². The van der Waals surface area contributed by atoms with E-state index in [0.29, 0.717) is 18.8 Å². The van der Waals surface area contributed by atoms with Crippen molar-refractivity contribution in [1.82, 2.24) is 5.32 Å². The smallest absolute Gasteiger partial charge is 0.305 e. The fourth-order valence-corrected chi connectivity index (χ4v) is 2.39. The van der Waals surface area contributed by atoms with Crippen LogP contribution in [0.2, 0.25) is 0 Å². The molecule has 0 spiro atoms. The molecule has 0 amide bonds. The van der Waals surface area contributed by atoms with E-state index in [1.54, 1.807) is 7.05 Å². The quantitative estimate of drug-likeness (QED) is 0.723. The van der Waals surface area contributed by atoms with E-state index in [4.69, 9.17) is 0 Å². The van der Waals surface area contributed by atoms with Gasteiger partial charge >= 0.3 is 5.97 Å². The van der Waals surface area contributed by atoms with Crippen molar-refractivity contribution in [2.75, 3.05) is 14.2 Å². The summed E-state index contributed by atoms with van der Waals surface area (Å²) in [4.78, 5) is 11.2. The molecule has 0 radical (unpaired) electrons. The summed E-state index contributed by atoms with van der Waals surface area (Å²) in [6.07, 6.45) is 1.24. The molecule has 0 aliphatic rings. The molecule has 0 fully saturated rings. The van der Waals surface area contributed by atoms with Crippen LogP contribution >= 0.6 is 0 Å². The molecular formula is C17H27NO3. The highest BCUT2D eigenvalue weighted by Crippen LogP contribution is 2.21. The molecule has 0 aliphatic carbocycles. The summed E-state index contributed by atoms with van der Waals surface area (Å²) in [7, 11) is 3.17. The van der Waals surface area contributed by atoms with Gasteiger partial charge in [-0.3, -0.25) is 4.79 Å². The van der Waals surface area contributed by atoms with E-state index in [-0.39, 0.29) is 12.0 Å². The van der Waals surface area contributed by atoms with Crippen molar-refractivity contribution in [3.8, 4) is 0 Å². The molecule has 0 aliphatic heterocycles. The third-order valence-electron chi connectivity index (χ3n) is 3.60. The van der Waals surface area contributed by atoms with E-state index in [9.17, 15) is 9.90 Å². The number of methoxy groups -OCH3 is 1. The van der Waals surface area contributed by atoms with Crippen molar-refractivity contribution in [2.45, 2.75) is 45.3 Å². The zero-order valence-electron chi connectivity index (χ0n) is 13.4. The molecule has 2 unspecified atom stereocenters. The van der Waals surface area contributed by atoms with Crippen LogP contribution in [0.1, 0.15) is 43.9 Å². The first-order chi connectivity index (χ1) is 9.97. The topological polar surface area (TPSA) is 58.6 Å². The van der Waals surface area contributed by atoms with Gasteiger partial charge in [-0.25, -0.2) is 0 Å². The molecule has 1 aromatic rings. The molecule has 1 aromatic carbocycles. The number of hydrogen-bond donors (Lipinski definition) is 2. The average Bonchev–Trinajstić information content (AvgIpc) is 2.47. The summed E-state index contributed by atoms with van der Waals surface area (Å²) in [5.74, 6) is 0.362. The van der Waals surface area contributed by atoms with Gasteiger partial charge in [0.15, 0.2) is 0 Å². The highest BCUT2D eigenvalue weighted by molar-refractivity contribution is 5.69. The van der Waals surface area contributed by atoms with E-state index in [1.165, 1.54) is 12.7 Å². The molecule has 0 saturated carbocycles. The summed E-state index contributed by atoms with van der Waals surface area (Å²) < 4.78 is 4.63. The predicted octanol–water partition coefficient (Wildman–Crippen LogP) is 2.46. The van der Waals surface area contributed by atoms with Crippen LogP contribution in [0.25, 0.3) is 0 Å². The lowest BCUT2D eigenvalue weighted by Gasteiger charge is -2.22. The van der Waals surface area contributed by atoms with Crippen molar-refractivity contribution in [3.63, 3.8) is 0 Å². The van der Waals surface area contributed by atoms with Crippen LogP contribution in [0, 0.1) is 5.92 Å². The van der Waals surface area contributed by atoms with Gasteiger partial charge in [0, 0.05) is 12.5 Å². The maximum Gasteiger partial charge on any atom is 0.305 e. The Bertz CT molecular complexity index is 428. The summed E-state index contributed by atoms with van der Waals surface area (Å²) >= 11 is 0. The van der Waals surface area contributed by atoms with E-state index in [0.717, 1.165) is 12.0 Å². The number of aliphatic hydroxyl groups is 1. The van der Waals surface area contributed by atoms with E-state index in [1.807, 2.05) is 12.1 Å². The number of hydrogen-bond acceptors (Lipinski definition) is 4. The minimum Gasteiger partial charge on any atom is -0.469 e. The molecular weight excluding hydrogens is 266 g/mol. The highest BCUT2D eigenvalue weighted by Gasteiger charge is 2.20. The molecule has 0 heterocycles. The number of nitrogens with one attached hydrogen (secondary N) is 1. The lowest BCUT2D eigenvalue weighted by atomic mass is 9.96. The monoisotopic (exact) mass is 293 g/mol. The molecule has 21 heavy (non-hydrogen) atoms. The molecule has 2 N–H and O–H groups in total. The highest BCUT2D eigenvalue weighted by atomic mass is 16.5. The third-order valence-corrected chi connectivity index (χ3v) is 3.60. The molecule has 1 rings (SSSR count). The van der Waals surface area contributed by atoms with Crippen LogP contribution < -0.4 is 5.32 Å². The number of aliphatic hydroxyl groups excluding tert-OH is 1. The number of carbonyl (C=O) groups is 1. The van der Waals surface area contributed by atoms with Gasteiger partial charge in [0.1, 0.15) is 0 Å². The fraction of sp³-hybridized carbons (Fsp3) is 0.588. The Morgan fingerprint density at radius 1 is 1.29 bits per heavy atom. The zero-order chi connectivity index (χ0) is 15.8. The van der Waals surface area contributed by atoms with Crippen LogP contribution in [0.5, 0.6) is 0 Å². The number of ether oxygens (including phenoxy) is 1. The molecule has 0 saturated heterocycles. The zero-order valence-corrected chi connectivity index (χ0v) is 13.4. The Morgan fingerprint density at radius 3 is 2.38 bits per heavy atom. The summed E-state index contributed by atoms with van der Waals surface area (Å²) in [5.41, 5.74) is 2.14. The second kappa shape index (κ2) is 8.80. The Morgan fingerprint density at radius 2 is 1.90 bits per heavy atom. The van der Waals surface area contributed by atoms with Crippen LogP contribution in [0.4, 0.5) is 0 Å². The normalized spacial score (nSPS) is 14.0. The third kappa shape index (κ3) is 5.86. The van der Waals surface area contributed by atoms with Crippen molar-refractivity contribution in [2.24, 2.45) is 5.92 Å². The van der Waals surface area contributed by atoms with Gasteiger partial charge in [-0.15, -0.1) is 0 Å². The van der Waals surface area contributed by atoms with Crippen LogP contribution in [0.15, 0.2) is 24.3 Å².